The van der Waals surface area contributed by atoms with E-state index >= 15 is 0 Å². The predicted octanol–water partition coefficient (Wildman–Crippen LogP) is 6.17. The average Bonchev–Trinajstić information content (AvgIpc) is 2.48. The fraction of sp³-hybridized carbons (Fsp3) is 1.00. The maximum Gasteiger partial charge on any atom is 0.0201 e. The highest BCUT2D eigenvalue weighted by Crippen LogP contribution is 2.27. The van der Waals surface area contributed by atoms with Crippen molar-refractivity contribution in [3.05, 3.63) is 0 Å². The summed E-state index contributed by atoms with van der Waals surface area (Å²) in [5.41, 5.74) is 0. The van der Waals surface area contributed by atoms with Crippen LogP contribution in [-0.4, -0.2) is 23.6 Å². The van der Waals surface area contributed by atoms with E-state index in [1.54, 1.807) is 0 Å². The SMILES string of the molecule is CCCCCSC1CCCCCCCCCCC1NCC. The molecule has 0 bridgehead atoms. The Labute approximate surface area is 138 Å². The zero-order valence-electron chi connectivity index (χ0n) is 14.7. The molecule has 2 atom stereocenters. The van der Waals surface area contributed by atoms with Gasteiger partial charge in [-0.05, 0) is 31.6 Å². The van der Waals surface area contributed by atoms with E-state index in [1.165, 1.54) is 89.2 Å². The minimum atomic E-state index is 0.765. The molecule has 0 aromatic carbocycles. The fourth-order valence-electron chi connectivity index (χ4n) is 3.44. The van der Waals surface area contributed by atoms with E-state index in [1.807, 2.05) is 0 Å². The molecule has 0 amide bonds. The lowest BCUT2D eigenvalue weighted by Gasteiger charge is -2.28. The maximum atomic E-state index is 3.81. The summed E-state index contributed by atoms with van der Waals surface area (Å²) in [6.45, 7) is 5.72. The van der Waals surface area contributed by atoms with Crippen molar-refractivity contribution in [1.82, 2.24) is 5.32 Å². The molecule has 21 heavy (non-hydrogen) atoms. The second-order valence-electron chi connectivity index (χ2n) is 6.69. The third-order valence-electron chi connectivity index (χ3n) is 4.75. The minimum Gasteiger partial charge on any atom is -0.313 e. The molecule has 0 spiro atoms. The first-order valence-electron chi connectivity index (χ1n) is 9.73. The topological polar surface area (TPSA) is 12.0 Å². The van der Waals surface area contributed by atoms with E-state index < -0.39 is 0 Å². The van der Waals surface area contributed by atoms with Crippen LogP contribution in [0.1, 0.15) is 97.3 Å². The second kappa shape index (κ2) is 13.9. The molecule has 0 aromatic rings. The van der Waals surface area contributed by atoms with Crippen LogP contribution in [0, 0.1) is 0 Å². The Morgan fingerprint density at radius 1 is 0.810 bits per heavy atom. The van der Waals surface area contributed by atoms with Gasteiger partial charge < -0.3 is 5.32 Å². The molecule has 1 aliphatic rings. The van der Waals surface area contributed by atoms with Crippen molar-refractivity contribution in [1.29, 1.82) is 0 Å². The first-order chi connectivity index (χ1) is 10.4. The zero-order valence-corrected chi connectivity index (χ0v) is 15.5. The number of thioether (sulfide) groups is 1. The summed E-state index contributed by atoms with van der Waals surface area (Å²) in [6, 6.07) is 0.765. The van der Waals surface area contributed by atoms with Crippen LogP contribution >= 0.6 is 11.8 Å². The highest BCUT2D eigenvalue weighted by atomic mass is 32.2. The highest BCUT2D eigenvalue weighted by Gasteiger charge is 2.20. The maximum absolute atomic E-state index is 3.81. The Bertz CT molecular complexity index is 218. The lowest BCUT2D eigenvalue weighted by Crippen LogP contribution is -2.38. The molecular weight excluding hydrogens is 274 g/mol. The second-order valence-corrected chi connectivity index (χ2v) is 8.03. The van der Waals surface area contributed by atoms with E-state index in [2.05, 4.69) is 30.9 Å². The summed E-state index contributed by atoms with van der Waals surface area (Å²) in [4.78, 5) is 0. The van der Waals surface area contributed by atoms with Crippen LogP contribution in [0.3, 0.4) is 0 Å². The zero-order chi connectivity index (χ0) is 15.2. The quantitative estimate of drug-likeness (QED) is 0.564. The number of nitrogens with one attached hydrogen (secondary N) is 1. The average molecular weight is 314 g/mol. The van der Waals surface area contributed by atoms with Crippen molar-refractivity contribution in [2.24, 2.45) is 0 Å². The highest BCUT2D eigenvalue weighted by molar-refractivity contribution is 7.99. The Morgan fingerprint density at radius 2 is 1.43 bits per heavy atom. The predicted molar refractivity (Wildman–Crippen MR) is 99.4 cm³/mol. The van der Waals surface area contributed by atoms with Gasteiger partial charge in [0.15, 0.2) is 0 Å². The van der Waals surface area contributed by atoms with E-state index in [4.69, 9.17) is 0 Å². The van der Waals surface area contributed by atoms with Crippen LogP contribution in [-0.2, 0) is 0 Å². The molecule has 1 fully saturated rings. The molecule has 0 aromatic heterocycles. The van der Waals surface area contributed by atoms with E-state index in [0.717, 1.165) is 17.8 Å². The lowest BCUT2D eigenvalue weighted by molar-refractivity contribution is 0.420. The smallest absolute Gasteiger partial charge is 0.0201 e. The first kappa shape index (κ1) is 19.4. The Kier molecular flexibility index (Phi) is 12.8. The normalized spacial score (nSPS) is 26.0. The van der Waals surface area contributed by atoms with Crippen LogP contribution in [0.5, 0.6) is 0 Å². The first-order valence-corrected chi connectivity index (χ1v) is 10.8. The van der Waals surface area contributed by atoms with Gasteiger partial charge in [0.25, 0.3) is 0 Å². The Hall–Kier alpha value is 0.310. The molecule has 1 N–H and O–H groups in total. The summed E-state index contributed by atoms with van der Waals surface area (Å²) in [6.07, 6.45) is 18.7. The van der Waals surface area contributed by atoms with Crippen LogP contribution in [0.2, 0.25) is 0 Å². The molecule has 1 nitrogen and oxygen atoms in total. The summed E-state index contributed by atoms with van der Waals surface area (Å²) in [5, 5.41) is 4.67. The van der Waals surface area contributed by atoms with Gasteiger partial charge in [-0.1, -0.05) is 78.1 Å². The molecule has 2 unspecified atom stereocenters. The molecule has 0 saturated heterocycles. The van der Waals surface area contributed by atoms with Gasteiger partial charge in [0.1, 0.15) is 0 Å². The molecule has 0 aliphatic heterocycles. The summed E-state index contributed by atoms with van der Waals surface area (Å²) in [7, 11) is 0. The Morgan fingerprint density at radius 3 is 2.05 bits per heavy atom. The van der Waals surface area contributed by atoms with Crippen molar-refractivity contribution in [2.75, 3.05) is 12.3 Å². The van der Waals surface area contributed by atoms with Gasteiger partial charge in [-0.25, -0.2) is 0 Å². The summed E-state index contributed by atoms with van der Waals surface area (Å²) in [5.74, 6) is 1.38. The van der Waals surface area contributed by atoms with Crippen molar-refractivity contribution in [2.45, 2.75) is 109 Å². The van der Waals surface area contributed by atoms with Gasteiger partial charge in [0.2, 0.25) is 0 Å². The van der Waals surface area contributed by atoms with Gasteiger partial charge in [0.05, 0.1) is 0 Å². The van der Waals surface area contributed by atoms with Gasteiger partial charge in [0, 0.05) is 11.3 Å². The third kappa shape index (κ3) is 9.84. The van der Waals surface area contributed by atoms with E-state index in [0.29, 0.717) is 0 Å². The summed E-state index contributed by atoms with van der Waals surface area (Å²) >= 11 is 2.27. The molecule has 2 heteroatoms. The molecule has 1 rings (SSSR count). The van der Waals surface area contributed by atoms with Gasteiger partial charge >= 0.3 is 0 Å². The van der Waals surface area contributed by atoms with Crippen LogP contribution in [0.25, 0.3) is 0 Å². The van der Waals surface area contributed by atoms with Gasteiger partial charge in [-0.2, -0.15) is 11.8 Å². The Balaban J connectivity index is 2.44. The van der Waals surface area contributed by atoms with E-state index in [9.17, 15) is 0 Å². The van der Waals surface area contributed by atoms with Crippen LogP contribution < -0.4 is 5.32 Å². The lowest BCUT2D eigenvalue weighted by atomic mass is 9.97. The number of hydrogen-bond acceptors (Lipinski definition) is 2. The van der Waals surface area contributed by atoms with Gasteiger partial charge in [-0.3, -0.25) is 0 Å². The number of unbranched alkanes of at least 4 members (excludes halogenated alkanes) is 2. The molecular formula is C19H39NS. The fourth-order valence-corrected chi connectivity index (χ4v) is 4.91. The van der Waals surface area contributed by atoms with Crippen LogP contribution in [0.4, 0.5) is 0 Å². The third-order valence-corrected chi connectivity index (χ3v) is 6.27. The molecule has 1 saturated carbocycles. The van der Waals surface area contributed by atoms with Crippen molar-refractivity contribution < 1.29 is 0 Å². The number of rotatable bonds is 7. The summed E-state index contributed by atoms with van der Waals surface area (Å²) < 4.78 is 0. The standard InChI is InChI=1S/C19H39NS/c1-3-5-14-17-21-19-16-13-11-9-7-6-8-10-12-15-18(19)20-4-2/h18-20H,3-17H2,1-2H3. The molecule has 0 radical (unpaired) electrons. The molecule has 126 valence electrons. The van der Waals surface area contributed by atoms with Crippen molar-refractivity contribution in [3.63, 3.8) is 0 Å². The largest absolute Gasteiger partial charge is 0.313 e. The minimum absolute atomic E-state index is 0.765. The van der Waals surface area contributed by atoms with Crippen molar-refractivity contribution in [3.8, 4) is 0 Å². The van der Waals surface area contributed by atoms with E-state index in [-0.39, 0.29) is 0 Å². The monoisotopic (exact) mass is 313 g/mol. The van der Waals surface area contributed by atoms with Gasteiger partial charge in [-0.15, -0.1) is 0 Å². The molecule has 1 aliphatic carbocycles. The molecule has 0 heterocycles. The van der Waals surface area contributed by atoms with Crippen LogP contribution in [0.15, 0.2) is 0 Å². The number of hydrogen-bond donors (Lipinski definition) is 1. The van der Waals surface area contributed by atoms with Crippen molar-refractivity contribution >= 4 is 11.8 Å².